The van der Waals surface area contributed by atoms with Gasteiger partial charge in [0, 0.05) is 19.3 Å². The van der Waals surface area contributed by atoms with E-state index in [0.29, 0.717) is 24.5 Å². The van der Waals surface area contributed by atoms with Crippen molar-refractivity contribution < 1.29 is 9.90 Å². The van der Waals surface area contributed by atoms with Gasteiger partial charge >= 0.3 is 5.97 Å². The Bertz CT molecular complexity index is 437. The molecule has 0 aliphatic rings. The molecule has 0 atom stereocenters. The zero-order valence-electron chi connectivity index (χ0n) is 9.27. The molecule has 0 aliphatic heterocycles. The third-order valence-corrected chi connectivity index (χ3v) is 2.14. The minimum absolute atomic E-state index is 0.214. The number of nitriles is 1. The van der Waals surface area contributed by atoms with Crippen LogP contribution in [0.5, 0.6) is 0 Å². The molecule has 0 aromatic carbocycles. The molecule has 0 fully saturated rings. The second-order valence-corrected chi connectivity index (χ2v) is 3.49. The quantitative estimate of drug-likeness (QED) is 0.829. The Balaban J connectivity index is 2.96. The van der Waals surface area contributed by atoms with Gasteiger partial charge in [0.05, 0.1) is 18.1 Å². The van der Waals surface area contributed by atoms with Gasteiger partial charge in [-0.3, -0.25) is 0 Å². The number of carboxylic acids is 1. The van der Waals surface area contributed by atoms with Crippen molar-refractivity contribution in [3.63, 3.8) is 0 Å². The molecule has 0 unspecified atom stereocenters. The van der Waals surface area contributed by atoms with Crippen LogP contribution >= 0.6 is 0 Å². The lowest BCUT2D eigenvalue weighted by molar-refractivity contribution is 0.0696. The Kier molecular flexibility index (Phi) is 3.84. The van der Waals surface area contributed by atoms with Gasteiger partial charge in [-0.25, -0.2) is 9.78 Å². The van der Waals surface area contributed by atoms with Gasteiger partial charge in [0.2, 0.25) is 0 Å². The first-order chi connectivity index (χ1) is 7.54. The number of aromatic carboxylic acids is 1. The number of anilines is 1. The molecular weight excluding hydrogens is 206 g/mol. The highest BCUT2D eigenvalue weighted by atomic mass is 16.4. The number of carbonyl (C=O) groups is 1. The number of aryl methyl sites for hydroxylation is 1. The van der Waals surface area contributed by atoms with Crippen molar-refractivity contribution in [2.24, 2.45) is 0 Å². The predicted octanol–water partition coefficient (Wildman–Crippen LogP) is 1.44. The number of carboxylic acid groups (broad SMARTS) is 1. The summed E-state index contributed by atoms with van der Waals surface area (Å²) in [6.45, 7) is 2.28. The summed E-state index contributed by atoms with van der Waals surface area (Å²) in [7, 11) is 1.78. The zero-order chi connectivity index (χ0) is 12.1. The van der Waals surface area contributed by atoms with Crippen LogP contribution in [0.3, 0.4) is 0 Å². The molecule has 5 heteroatoms. The number of rotatable bonds is 4. The van der Waals surface area contributed by atoms with E-state index in [1.807, 2.05) is 6.07 Å². The van der Waals surface area contributed by atoms with Crippen LogP contribution in [-0.4, -0.2) is 29.7 Å². The first-order valence-corrected chi connectivity index (χ1v) is 4.84. The first kappa shape index (κ1) is 12.0. The van der Waals surface area contributed by atoms with Gasteiger partial charge in [0.1, 0.15) is 5.82 Å². The van der Waals surface area contributed by atoms with E-state index in [9.17, 15) is 4.79 Å². The van der Waals surface area contributed by atoms with Crippen molar-refractivity contribution >= 4 is 11.8 Å². The van der Waals surface area contributed by atoms with Crippen LogP contribution in [0, 0.1) is 18.3 Å². The average Bonchev–Trinajstić information content (AvgIpc) is 2.24. The van der Waals surface area contributed by atoms with Crippen molar-refractivity contribution in [2.75, 3.05) is 18.5 Å². The Morgan fingerprint density at radius 1 is 1.62 bits per heavy atom. The smallest absolute Gasteiger partial charge is 0.335 e. The number of pyridine rings is 1. The fourth-order valence-electron chi connectivity index (χ4n) is 1.30. The summed E-state index contributed by atoms with van der Waals surface area (Å²) < 4.78 is 0. The summed E-state index contributed by atoms with van der Waals surface area (Å²) in [6.07, 6.45) is 0.383. The maximum Gasteiger partial charge on any atom is 0.335 e. The van der Waals surface area contributed by atoms with Gasteiger partial charge in [0.15, 0.2) is 0 Å². The molecule has 1 aromatic heterocycles. The van der Waals surface area contributed by atoms with Crippen molar-refractivity contribution in [3.8, 4) is 6.07 Å². The summed E-state index contributed by atoms with van der Waals surface area (Å²) in [5, 5.41) is 17.4. The van der Waals surface area contributed by atoms with E-state index in [4.69, 9.17) is 10.4 Å². The molecule has 16 heavy (non-hydrogen) atoms. The van der Waals surface area contributed by atoms with Crippen LogP contribution in [0.1, 0.15) is 22.5 Å². The van der Waals surface area contributed by atoms with Crippen LogP contribution in [0.2, 0.25) is 0 Å². The lowest BCUT2D eigenvalue weighted by atomic mass is 10.2. The SMILES string of the molecule is Cc1cc(C(=O)O)cc(N(C)CCC#N)n1. The average molecular weight is 219 g/mol. The molecule has 0 radical (unpaired) electrons. The second kappa shape index (κ2) is 5.12. The largest absolute Gasteiger partial charge is 0.478 e. The van der Waals surface area contributed by atoms with Crippen LogP contribution < -0.4 is 4.90 Å². The summed E-state index contributed by atoms with van der Waals surface area (Å²) in [5.41, 5.74) is 0.866. The summed E-state index contributed by atoms with van der Waals surface area (Å²) in [6, 6.07) is 5.06. The van der Waals surface area contributed by atoms with Gasteiger partial charge in [-0.2, -0.15) is 5.26 Å². The molecule has 1 aromatic rings. The van der Waals surface area contributed by atoms with Crippen LogP contribution in [0.25, 0.3) is 0 Å². The highest BCUT2D eigenvalue weighted by Gasteiger charge is 2.09. The molecule has 0 amide bonds. The van der Waals surface area contributed by atoms with Gasteiger partial charge < -0.3 is 10.0 Å². The monoisotopic (exact) mass is 219 g/mol. The van der Waals surface area contributed by atoms with E-state index >= 15 is 0 Å². The number of hydrogen-bond acceptors (Lipinski definition) is 4. The van der Waals surface area contributed by atoms with E-state index in [-0.39, 0.29) is 5.56 Å². The van der Waals surface area contributed by atoms with E-state index in [1.54, 1.807) is 18.9 Å². The summed E-state index contributed by atoms with van der Waals surface area (Å²) in [5.74, 6) is -0.395. The van der Waals surface area contributed by atoms with Crippen molar-refractivity contribution in [1.29, 1.82) is 5.26 Å². The highest BCUT2D eigenvalue weighted by molar-refractivity contribution is 5.88. The van der Waals surface area contributed by atoms with Gasteiger partial charge in [-0.15, -0.1) is 0 Å². The number of aromatic nitrogens is 1. The Morgan fingerprint density at radius 2 is 2.31 bits per heavy atom. The zero-order valence-corrected chi connectivity index (χ0v) is 9.27. The lowest BCUT2D eigenvalue weighted by Gasteiger charge is -2.17. The minimum Gasteiger partial charge on any atom is -0.478 e. The first-order valence-electron chi connectivity index (χ1n) is 4.84. The standard InChI is InChI=1S/C11H13N3O2/c1-8-6-9(11(15)16)7-10(13-8)14(2)5-3-4-12/h6-7H,3,5H2,1-2H3,(H,15,16). The topological polar surface area (TPSA) is 77.2 Å². The Labute approximate surface area is 93.9 Å². The van der Waals surface area contributed by atoms with E-state index < -0.39 is 5.97 Å². The molecule has 0 bridgehead atoms. The van der Waals surface area contributed by atoms with Crippen LogP contribution in [0.15, 0.2) is 12.1 Å². The molecule has 0 saturated heterocycles. The molecule has 0 saturated carbocycles. The maximum absolute atomic E-state index is 10.8. The van der Waals surface area contributed by atoms with Crippen LogP contribution in [-0.2, 0) is 0 Å². The summed E-state index contributed by atoms with van der Waals surface area (Å²) >= 11 is 0. The van der Waals surface area contributed by atoms with E-state index in [1.165, 1.54) is 12.1 Å². The maximum atomic E-state index is 10.8. The molecule has 84 valence electrons. The molecule has 1 rings (SSSR count). The Hall–Kier alpha value is -2.09. The van der Waals surface area contributed by atoms with Crippen molar-refractivity contribution in [1.82, 2.24) is 4.98 Å². The van der Waals surface area contributed by atoms with Gasteiger partial charge in [0.25, 0.3) is 0 Å². The lowest BCUT2D eigenvalue weighted by Crippen LogP contribution is -2.20. The third kappa shape index (κ3) is 2.95. The van der Waals surface area contributed by atoms with Gasteiger partial charge in [-0.05, 0) is 19.1 Å². The fraction of sp³-hybridized carbons (Fsp3) is 0.364. The number of nitrogens with zero attached hydrogens (tertiary/aromatic N) is 3. The van der Waals surface area contributed by atoms with Crippen LogP contribution in [0.4, 0.5) is 5.82 Å². The molecule has 1 heterocycles. The predicted molar refractivity (Wildman–Crippen MR) is 59.4 cm³/mol. The molecule has 1 N–H and O–H groups in total. The highest BCUT2D eigenvalue weighted by Crippen LogP contribution is 2.14. The molecular formula is C11H13N3O2. The van der Waals surface area contributed by atoms with E-state index in [2.05, 4.69) is 4.98 Å². The fourth-order valence-corrected chi connectivity index (χ4v) is 1.30. The van der Waals surface area contributed by atoms with Gasteiger partial charge in [-0.1, -0.05) is 0 Å². The third-order valence-electron chi connectivity index (χ3n) is 2.14. The normalized spacial score (nSPS) is 9.56. The number of hydrogen-bond donors (Lipinski definition) is 1. The Morgan fingerprint density at radius 3 is 2.88 bits per heavy atom. The molecule has 5 nitrogen and oxygen atoms in total. The summed E-state index contributed by atoms with van der Waals surface area (Å²) in [4.78, 5) is 16.8. The van der Waals surface area contributed by atoms with Crippen molar-refractivity contribution in [2.45, 2.75) is 13.3 Å². The van der Waals surface area contributed by atoms with E-state index in [0.717, 1.165) is 0 Å². The van der Waals surface area contributed by atoms with Crippen molar-refractivity contribution in [3.05, 3.63) is 23.4 Å². The minimum atomic E-state index is -0.972. The molecule has 0 spiro atoms. The second-order valence-electron chi connectivity index (χ2n) is 3.49. The molecule has 0 aliphatic carbocycles.